The van der Waals surface area contributed by atoms with Crippen LogP contribution in [0, 0.1) is 23.6 Å². The molecule has 0 aliphatic carbocycles. The maximum Gasteiger partial charge on any atom is 0.134 e. The number of halogens is 2. The summed E-state index contributed by atoms with van der Waals surface area (Å²) < 4.78 is 25.2. The molecule has 0 bridgehead atoms. The van der Waals surface area contributed by atoms with E-state index in [2.05, 4.69) is 0 Å². The highest BCUT2D eigenvalue weighted by atomic mass is 19.1. The normalized spacial score (nSPS) is 10.8. The van der Waals surface area contributed by atoms with E-state index >= 15 is 0 Å². The molecule has 0 aliphatic rings. The molecule has 0 heterocycles. The van der Waals surface area contributed by atoms with Gasteiger partial charge in [-0.1, -0.05) is 13.8 Å². The Bertz CT molecular complexity index is 246. The van der Waals surface area contributed by atoms with Gasteiger partial charge in [-0.05, 0) is 30.0 Å². The smallest absolute Gasteiger partial charge is 0.134 e. The van der Waals surface area contributed by atoms with E-state index in [0.29, 0.717) is 17.9 Å². The SMILES string of the molecule is CC(C)Cc1cc(F)[c]c(F)c1. The van der Waals surface area contributed by atoms with Gasteiger partial charge >= 0.3 is 0 Å². The van der Waals surface area contributed by atoms with Crippen LogP contribution in [0.25, 0.3) is 0 Å². The van der Waals surface area contributed by atoms with Gasteiger partial charge in [0.2, 0.25) is 0 Å². The van der Waals surface area contributed by atoms with Crippen molar-refractivity contribution in [3.63, 3.8) is 0 Å². The van der Waals surface area contributed by atoms with Crippen molar-refractivity contribution in [3.05, 3.63) is 35.4 Å². The standard InChI is InChI=1S/C10H11F2/c1-7(2)3-8-4-9(11)6-10(12)5-8/h4-5,7H,3H2,1-2H3. The first kappa shape index (κ1) is 9.17. The maximum atomic E-state index is 12.6. The molecule has 1 radical (unpaired) electrons. The van der Waals surface area contributed by atoms with Gasteiger partial charge in [-0.3, -0.25) is 0 Å². The summed E-state index contributed by atoms with van der Waals surface area (Å²) in [6.45, 7) is 4.01. The minimum atomic E-state index is -0.620. The van der Waals surface area contributed by atoms with Crippen molar-refractivity contribution in [2.24, 2.45) is 5.92 Å². The summed E-state index contributed by atoms with van der Waals surface area (Å²) in [6.07, 6.45) is 0.697. The highest BCUT2D eigenvalue weighted by Gasteiger charge is 2.02. The molecule has 0 atom stereocenters. The molecule has 2 heteroatoms. The van der Waals surface area contributed by atoms with Crippen LogP contribution in [0.3, 0.4) is 0 Å². The van der Waals surface area contributed by atoms with E-state index in [0.717, 1.165) is 0 Å². The number of hydrogen-bond donors (Lipinski definition) is 0. The Labute approximate surface area is 71.2 Å². The predicted octanol–water partition coefficient (Wildman–Crippen LogP) is 2.96. The second-order valence-corrected chi connectivity index (χ2v) is 3.28. The quantitative estimate of drug-likeness (QED) is 0.638. The number of benzene rings is 1. The second kappa shape index (κ2) is 3.65. The fraction of sp³-hybridized carbons (Fsp3) is 0.400. The zero-order chi connectivity index (χ0) is 9.14. The Morgan fingerprint density at radius 1 is 1.25 bits per heavy atom. The molecule has 0 nitrogen and oxygen atoms in total. The van der Waals surface area contributed by atoms with Crippen molar-refractivity contribution >= 4 is 0 Å². The van der Waals surface area contributed by atoms with Crippen molar-refractivity contribution in [1.29, 1.82) is 0 Å². The van der Waals surface area contributed by atoms with Gasteiger partial charge in [-0.2, -0.15) is 0 Å². The summed E-state index contributed by atoms with van der Waals surface area (Å²) >= 11 is 0. The van der Waals surface area contributed by atoms with Gasteiger partial charge in [-0.15, -0.1) is 0 Å². The average Bonchev–Trinajstić information content (AvgIpc) is 1.81. The van der Waals surface area contributed by atoms with Gasteiger partial charge < -0.3 is 0 Å². The van der Waals surface area contributed by atoms with Crippen LogP contribution >= 0.6 is 0 Å². The largest absolute Gasteiger partial charge is 0.206 e. The first-order chi connectivity index (χ1) is 5.58. The van der Waals surface area contributed by atoms with E-state index in [1.54, 1.807) is 0 Å². The molecule has 1 rings (SSSR count). The van der Waals surface area contributed by atoms with Crippen molar-refractivity contribution in [1.82, 2.24) is 0 Å². The Kier molecular flexibility index (Phi) is 2.79. The first-order valence-corrected chi connectivity index (χ1v) is 3.95. The molecule has 65 valence electrons. The van der Waals surface area contributed by atoms with Crippen LogP contribution < -0.4 is 0 Å². The maximum absolute atomic E-state index is 12.6. The van der Waals surface area contributed by atoms with Gasteiger partial charge in [0.15, 0.2) is 0 Å². The molecule has 0 aromatic heterocycles. The predicted molar refractivity (Wildman–Crippen MR) is 43.7 cm³/mol. The Morgan fingerprint density at radius 2 is 1.75 bits per heavy atom. The van der Waals surface area contributed by atoms with E-state index in [1.165, 1.54) is 12.1 Å². The lowest BCUT2D eigenvalue weighted by atomic mass is 10.0. The number of rotatable bonds is 2. The van der Waals surface area contributed by atoms with Gasteiger partial charge in [0.1, 0.15) is 11.6 Å². The van der Waals surface area contributed by atoms with Crippen LogP contribution in [0.2, 0.25) is 0 Å². The molecule has 0 N–H and O–H groups in total. The Hall–Kier alpha value is -0.920. The topological polar surface area (TPSA) is 0 Å². The highest BCUT2D eigenvalue weighted by molar-refractivity contribution is 5.17. The molecular weight excluding hydrogens is 158 g/mol. The monoisotopic (exact) mass is 169 g/mol. The van der Waals surface area contributed by atoms with Crippen LogP contribution in [-0.2, 0) is 6.42 Å². The summed E-state index contributed by atoms with van der Waals surface area (Å²) in [5, 5.41) is 0. The molecular formula is C10H11F2. The lowest BCUT2D eigenvalue weighted by Crippen LogP contribution is -1.95. The molecule has 0 unspecified atom stereocenters. The van der Waals surface area contributed by atoms with Crippen LogP contribution in [0.5, 0.6) is 0 Å². The summed E-state index contributed by atoms with van der Waals surface area (Å²) in [4.78, 5) is 0. The molecule has 1 aromatic carbocycles. The molecule has 12 heavy (non-hydrogen) atoms. The van der Waals surface area contributed by atoms with Crippen molar-refractivity contribution in [2.75, 3.05) is 0 Å². The summed E-state index contributed by atoms with van der Waals surface area (Å²) in [5.41, 5.74) is 0.693. The number of hydrogen-bond acceptors (Lipinski definition) is 0. The highest BCUT2D eigenvalue weighted by Crippen LogP contribution is 2.11. The average molecular weight is 169 g/mol. The van der Waals surface area contributed by atoms with Crippen LogP contribution in [0.1, 0.15) is 19.4 Å². The third-order valence-electron chi connectivity index (χ3n) is 1.51. The molecule has 0 saturated carbocycles. The van der Waals surface area contributed by atoms with Crippen molar-refractivity contribution < 1.29 is 8.78 Å². The zero-order valence-corrected chi connectivity index (χ0v) is 7.20. The van der Waals surface area contributed by atoms with Crippen molar-refractivity contribution in [2.45, 2.75) is 20.3 Å². The Balaban J connectivity index is 2.85. The molecule has 0 aliphatic heterocycles. The minimum absolute atomic E-state index is 0.409. The van der Waals surface area contributed by atoms with E-state index in [4.69, 9.17) is 0 Å². The molecule has 0 fully saturated rings. The van der Waals surface area contributed by atoms with E-state index in [1.807, 2.05) is 19.9 Å². The van der Waals surface area contributed by atoms with E-state index < -0.39 is 11.6 Å². The van der Waals surface area contributed by atoms with Gasteiger partial charge in [0.25, 0.3) is 0 Å². The lowest BCUT2D eigenvalue weighted by molar-refractivity contribution is 0.568. The van der Waals surface area contributed by atoms with Gasteiger partial charge in [-0.25, -0.2) is 8.78 Å². The van der Waals surface area contributed by atoms with E-state index in [9.17, 15) is 8.78 Å². The Morgan fingerprint density at radius 3 is 2.17 bits per heavy atom. The summed E-state index contributed by atoms with van der Waals surface area (Å²) in [5.74, 6) is -0.831. The minimum Gasteiger partial charge on any atom is -0.206 e. The van der Waals surface area contributed by atoms with E-state index in [-0.39, 0.29) is 0 Å². The second-order valence-electron chi connectivity index (χ2n) is 3.28. The van der Waals surface area contributed by atoms with Crippen LogP contribution in [-0.4, -0.2) is 0 Å². The molecule has 1 aromatic rings. The van der Waals surface area contributed by atoms with Crippen molar-refractivity contribution in [3.8, 4) is 0 Å². The van der Waals surface area contributed by atoms with Crippen LogP contribution in [0.15, 0.2) is 12.1 Å². The third kappa shape index (κ3) is 2.61. The fourth-order valence-electron chi connectivity index (χ4n) is 1.14. The van der Waals surface area contributed by atoms with Gasteiger partial charge in [0, 0.05) is 0 Å². The lowest BCUT2D eigenvalue weighted by Gasteiger charge is -2.04. The van der Waals surface area contributed by atoms with Crippen LogP contribution in [0.4, 0.5) is 8.78 Å². The zero-order valence-electron chi connectivity index (χ0n) is 7.20. The third-order valence-corrected chi connectivity index (χ3v) is 1.51. The molecule has 0 spiro atoms. The first-order valence-electron chi connectivity index (χ1n) is 3.95. The molecule has 0 saturated heterocycles. The fourth-order valence-corrected chi connectivity index (χ4v) is 1.14. The summed E-state index contributed by atoms with van der Waals surface area (Å²) in [6, 6.07) is 4.60. The van der Waals surface area contributed by atoms with Gasteiger partial charge in [0.05, 0.1) is 6.07 Å². The summed E-state index contributed by atoms with van der Waals surface area (Å²) in [7, 11) is 0. The molecule has 0 amide bonds.